The number of carboxylic acid groups (broad SMARTS) is 1. The molecule has 2 aliphatic carbocycles. The minimum Gasteiger partial charge on any atom is -0.481 e. The summed E-state index contributed by atoms with van der Waals surface area (Å²) in [6, 6.07) is 4.91. The Morgan fingerprint density at radius 2 is 1.74 bits per heavy atom. The van der Waals surface area contributed by atoms with Crippen molar-refractivity contribution in [1.82, 2.24) is 0 Å². The summed E-state index contributed by atoms with van der Waals surface area (Å²) in [5.74, 6) is -0.782. The molecule has 2 nitrogen and oxygen atoms in total. The van der Waals surface area contributed by atoms with Crippen LogP contribution in [0, 0.1) is 0 Å². The van der Waals surface area contributed by atoms with Crippen LogP contribution in [0.4, 0.5) is 0 Å². The van der Waals surface area contributed by atoms with E-state index in [4.69, 9.17) is 5.11 Å². The van der Waals surface area contributed by atoms with E-state index in [1.165, 1.54) is 40.7 Å². The number of fused-ring (bicyclic) bond motifs is 2. The molecule has 0 aromatic heterocycles. The molecule has 0 atom stereocenters. The average molecular weight is 365 g/mol. The Hall–Kier alpha value is -2.09. The Balaban J connectivity index is 1.98. The number of carbonyl (C=O) groups is 1. The predicted octanol–water partition coefficient (Wildman–Crippen LogP) is 6.34. The molecule has 0 amide bonds. The predicted molar refractivity (Wildman–Crippen MR) is 113 cm³/mol. The van der Waals surface area contributed by atoms with E-state index in [1.54, 1.807) is 0 Å². The van der Waals surface area contributed by atoms with E-state index in [-0.39, 0.29) is 17.3 Å². The average Bonchev–Trinajstić information content (AvgIpc) is 2.57. The van der Waals surface area contributed by atoms with Crippen LogP contribution < -0.4 is 0 Å². The number of allylic oxidation sites excluding steroid dienone is 5. The third-order valence-electron chi connectivity index (χ3n) is 6.25. The summed E-state index contributed by atoms with van der Waals surface area (Å²) in [6.07, 6.45) is 13.1. The molecule has 1 aromatic rings. The quantitative estimate of drug-likeness (QED) is 0.633. The van der Waals surface area contributed by atoms with Crippen molar-refractivity contribution in [3.8, 4) is 0 Å². The first-order valence-electron chi connectivity index (χ1n) is 10.0. The van der Waals surface area contributed by atoms with Gasteiger partial charge in [-0.2, -0.15) is 0 Å². The van der Waals surface area contributed by atoms with Crippen molar-refractivity contribution in [2.45, 2.75) is 77.6 Å². The van der Waals surface area contributed by atoms with Crippen LogP contribution in [0.25, 0.3) is 5.57 Å². The molecule has 1 N–H and O–H groups in total. The van der Waals surface area contributed by atoms with E-state index in [0.29, 0.717) is 0 Å². The van der Waals surface area contributed by atoms with Crippen molar-refractivity contribution >= 4 is 11.5 Å². The highest BCUT2D eigenvalue weighted by molar-refractivity contribution is 5.79. The molecule has 27 heavy (non-hydrogen) atoms. The van der Waals surface area contributed by atoms with Crippen LogP contribution in [0.2, 0.25) is 0 Å². The van der Waals surface area contributed by atoms with Gasteiger partial charge in [0, 0.05) is 0 Å². The summed E-state index contributed by atoms with van der Waals surface area (Å²) in [5.41, 5.74) is 8.41. The van der Waals surface area contributed by atoms with Gasteiger partial charge >= 0.3 is 5.97 Å². The van der Waals surface area contributed by atoms with E-state index in [2.05, 4.69) is 52.0 Å². The van der Waals surface area contributed by atoms with Gasteiger partial charge in [-0.1, -0.05) is 69.7 Å². The first-order valence-corrected chi connectivity index (χ1v) is 10.0. The van der Waals surface area contributed by atoms with Gasteiger partial charge in [0.2, 0.25) is 0 Å². The Morgan fingerprint density at radius 3 is 2.37 bits per heavy atom. The maximum absolute atomic E-state index is 10.8. The third-order valence-corrected chi connectivity index (χ3v) is 6.25. The number of carboxylic acids is 1. The van der Waals surface area contributed by atoms with Gasteiger partial charge in [0.1, 0.15) is 0 Å². The Morgan fingerprint density at radius 1 is 1.11 bits per heavy atom. The normalized spacial score (nSPS) is 20.8. The molecule has 3 rings (SSSR count). The molecule has 0 aliphatic heterocycles. The van der Waals surface area contributed by atoms with Crippen molar-refractivity contribution in [1.29, 1.82) is 0 Å². The Labute approximate surface area is 163 Å². The molecule has 0 bridgehead atoms. The zero-order valence-corrected chi connectivity index (χ0v) is 17.4. The highest BCUT2D eigenvalue weighted by Gasteiger charge is 2.37. The van der Waals surface area contributed by atoms with Gasteiger partial charge in [-0.25, -0.2) is 0 Å². The number of aryl methyl sites for hydroxylation is 1. The van der Waals surface area contributed by atoms with E-state index in [1.807, 2.05) is 19.1 Å². The molecule has 2 heteroatoms. The van der Waals surface area contributed by atoms with Crippen molar-refractivity contribution in [2.24, 2.45) is 0 Å². The van der Waals surface area contributed by atoms with Crippen LogP contribution >= 0.6 is 0 Å². The standard InChI is InChI=1S/C25H32O2/c1-17(14-23(26)27)8-6-9-18-10-7-11-19-15-21-22(16-20(18)19)25(4,5)13-12-24(21,2)3/h6,8-10,15-16H,7,11-14H2,1-5H3,(H,26,27). The summed E-state index contributed by atoms with van der Waals surface area (Å²) in [4.78, 5) is 10.8. The molecule has 0 saturated carbocycles. The molecule has 0 fully saturated rings. The second-order valence-electron chi connectivity index (χ2n) is 9.46. The van der Waals surface area contributed by atoms with Gasteiger partial charge in [0.25, 0.3) is 0 Å². The van der Waals surface area contributed by atoms with Crippen LogP contribution in [-0.4, -0.2) is 11.1 Å². The molecule has 0 radical (unpaired) electrons. The monoisotopic (exact) mass is 364 g/mol. The van der Waals surface area contributed by atoms with E-state index in [9.17, 15) is 4.79 Å². The molecule has 0 heterocycles. The third kappa shape index (κ3) is 4.10. The molecule has 144 valence electrons. The molecular weight excluding hydrogens is 332 g/mol. The van der Waals surface area contributed by atoms with Gasteiger partial charge in [-0.15, -0.1) is 0 Å². The van der Waals surface area contributed by atoms with Crippen molar-refractivity contribution in [2.75, 3.05) is 0 Å². The van der Waals surface area contributed by atoms with Crippen molar-refractivity contribution in [3.05, 3.63) is 64.3 Å². The SMILES string of the molecule is CC(=CC=CC1=CCCc2cc3c(cc21)C(C)(C)CCC3(C)C)CC(=O)O. The second-order valence-corrected chi connectivity index (χ2v) is 9.46. The number of aliphatic carboxylic acids is 1. The van der Waals surface area contributed by atoms with Crippen LogP contribution in [-0.2, 0) is 22.0 Å². The first-order chi connectivity index (χ1) is 12.6. The maximum atomic E-state index is 10.8. The number of hydrogen-bond donors (Lipinski definition) is 1. The molecule has 0 saturated heterocycles. The summed E-state index contributed by atoms with van der Waals surface area (Å²) in [7, 11) is 0. The molecule has 0 spiro atoms. The second kappa shape index (κ2) is 7.14. The largest absolute Gasteiger partial charge is 0.481 e. The molecule has 1 aromatic carbocycles. The van der Waals surface area contributed by atoms with Crippen LogP contribution in [0.15, 0.2) is 42.0 Å². The fourth-order valence-electron chi connectivity index (χ4n) is 4.40. The highest BCUT2D eigenvalue weighted by Crippen LogP contribution is 2.47. The molecular formula is C25H32O2. The van der Waals surface area contributed by atoms with Crippen LogP contribution in [0.1, 0.15) is 82.6 Å². The van der Waals surface area contributed by atoms with E-state index >= 15 is 0 Å². The lowest BCUT2D eigenvalue weighted by Crippen LogP contribution is -2.34. The van der Waals surface area contributed by atoms with Gasteiger partial charge in [0.15, 0.2) is 0 Å². The van der Waals surface area contributed by atoms with Crippen molar-refractivity contribution in [3.63, 3.8) is 0 Å². The Bertz CT molecular complexity index is 847. The van der Waals surface area contributed by atoms with Gasteiger partial charge in [-0.3, -0.25) is 4.79 Å². The fourth-order valence-corrected chi connectivity index (χ4v) is 4.40. The minimum absolute atomic E-state index is 0.0940. The van der Waals surface area contributed by atoms with E-state index in [0.717, 1.165) is 18.4 Å². The van der Waals surface area contributed by atoms with Crippen LogP contribution in [0.5, 0.6) is 0 Å². The number of benzene rings is 1. The summed E-state index contributed by atoms with van der Waals surface area (Å²) in [5, 5.41) is 8.89. The maximum Gasteiger partial charge on any atom is 0.307 e. The van der Waals surface area contributed by atoms with Crippen LogP contribution in [0.3, 0.4) is 0 Å². The minimum atomic E-state index is -0.782. The lowest BCUT2D eigenvalue weighted by molar-refractivity contribution is -0.136. The first kappa shape index (κ1) is 19.7. The smallest absolute Gasteiger partial charge is 0.307 e. The van der Waals surface area contributed by atoms with Gasteiger partial charge in [-0.05, 0) is 71.3 Å². The molecule has 0 unspecified atom stereocenters. The number of hydrogen-bond acceptors (Lipinski definition) is 1. The lowest BCUT2D eigenvalue weighted by atomic mass is 9.62. The van der Waals surface area contributed by atoms with Crippen molar-refractivity contribution < 1.29 is 9.90 Å². The topological polar surface area (TPSA) is 37.3 Å². The highest BCUT2D eigenvalue weighted by atomic mass is 16.4. The molecule has 2 aliphatic rings. The Kier molecular flexibility index (Phi) is 5.20. The zero-order valence-electron chi connectivity index (χ0n) is 17.4. The zero-order chi connectivity index (χ0) is 19.8. The van der Waals surface area contributed by atoms with Gasteiger partial charge < -0.3 is 5.11 Å². The summed E-state index contributed by atoms with van der Waals surface area (Å²) < 4.78 is 0. The summed E-state index contributed by atoms with van der Waals surface area (Å²) in [6.45, 7) is 11.4. The summed E-state index contributed by atoms with van der Waals surface area (Å²) >= 11 is 0. The lowest BCUT2D eigenvalue weighted by Gasteiger charge is -2.43. The fraction of sp³-hybridized carbons (Fsp3) is 0.480. The van der Waals surface area contributed by atoms with Gasteiger partial charge in [0.05, 0.1) is 6.42 Å². The van der Waals surface area contributed by atoms with E-state index < -0.39 is 5.97 Å². The number of rotatable bonds is 4.